The molecule has 0 saturated carbocycles. The largest absolute Gasteiger partial charge is 0.516 e. The lowest BCUT2D eigenvalue weighted by atomic mass is 10.0. The van der Waals surface area contributed by atoms with Crippen LogP contribution >= 0.6 is 23.2 Å². The average molecular weight is 481 g/mol. The van der Waals surface area contributed by atoms with E-state index in [1.807, 2.05) is 0 Å². The van der Waals surface area contributed by atoms with Crippen molar-refractivity contribution in [2.24, 2.45) is 0 Å². The van der Waals surface area contributed by atoms with E-state index in [1.54, 1.807) is 18.2 Å². The van der Waals surface area contributed by atoms with E-state index in [-0.39, 0.29) is 12.2 Å². The third-order valence-corrected chi connectivity index (χ3v) is 5.81. The number of H-pyrrole nitrogens is 1. The number of sulfonamides is 1. The van der Waals surface area contributed by atoms with E-state index >= 15 is 0 Å². The lowest BCUT2D eigenvalue weighted by Gasteiger charge is -2.09. The SMILES string of the molecule is CC(=O)Oc1cc(Cc2ccc(Cl)c(Cl)c2)c2[nH]c(NS(=O)(=O)C(F)(F)F)cc2c1. The van der Waals surface area contributed by atoms with Gasteiger partial charge in [0.2, 0.25) is 0 Å². The van der Waals surface area contributed by atoms with Gasteiger partial charge in [-0.2, -0.15) is 21.6 Å². The Balaban J connectivity index is 2.08. The van der Waals surface area contributed by atoms with Crippen molar-refractivity contribution in [2.45, 2.75) is 18.9 Å². The number of hydrogen-bond acceptors (Lipinski definition) is 4. The van der Waals surface area contributed by atoms with Crippen molar-refractivity contribution in [3.05, 3.63) is 57.6 Å². The second kappa shape index (κ2) is 8.01. The first-order valence-electron chi connectivity index (χ1n) is 8.23. The van der Waals surface area contributed by atoms with Crippen molar-refractivity contribution in [1.29, 1.82) is 0 Å². The van der Waals surface area contributed by atoms with Crippen molar-refractivity contribution in [1.82, 2.24) is 4.98 Å². The molecule has 1 heterocycles. The topological polar surface area (TPSA) is 88.3 Å². The molecule has 30 heavy (non-hydrogen) atoms. The Labute approximate surface area is 179 Å². The van der Waals surface area contributed by atoms with Gasteiger partial charge in [-0.25, -0.2) is 0 Å². The zero-order chi connectivity index (χ0) is 22.3. The normalized spacial score (nSPS) is 12.2. The van der Waals surface area contributed by atoms with Crippen LogP contribution in [0.5, 0.6) is 5.75 Å². The third kappa shape index (κ3) is 4.82. The van der Waals surface area contributed by atoms with Crippen LogP contribution in [0.3, 0.4) is 0 Å². The number of rotatable bonds is 5. The van der Waals surface area contributed by atoms with E-state index in [2.05, 4.69) is 4.98 Å². The molecule has 0 aliphatic rings. The van der Waals surface area contributed by atoms with Gasteiger partial charge in [-0.1, -0.05) is 29.3 Å². The number of benzene rings is 2. The predicted octanol–water partition coefficient (Wildman–Crippen LogP) is 5.25. The maximum atomic E-state index is 12.7. The summed E-state index contributed by atoms with van der Waals surface area (Å²) in [5.74, 6) is -0.838. The van der Waals surface area contributed by atoms with Crippen LogP contribution in [0.25, 0.3) is 10.9 Å². The summed E-state index contributed by atoms with van der Waals surface area (Å²) >= 11 is 11.9. The summed E-state index contributed by atoms with van der Waals surface area (Å²) in [4.78, 5) is 14.0. The second-order valence-electron chi connectivity index (χ2n) is 6.30. The van der Waals surface area contributed by atoms with Crippen LogP contribution in [-0.4, -0.2) is 24.9 Å². The van der Waals surface area contributed by atoms with Crippen LogP contribution in [0.4, 0.5) is 19.0 Å². The highest BCUT2D eigenvalue weighted by Crippen LogP contribution is 2.32. The molecule has 0 saturated heterocycles. The smallest absolute Gasteiger partial charge is 0.427 e. The van der Waals surface area contributed by atoms with E-state index in [1.165, 1.54) is 29.8 Å². The number of aromatic nitrogens is 1. The van der Waals surface area contributed by atoms with Crippen LogP contribution in [-0.2, 0) is 21.2 Å². The number of fused-ring (bicyclic) bond motifs is 1. The number of alkyl halides is 3. The number of anilines is 1. The zero-order valence-corrected chi connectivity index (χ0v) is 17.4. The van der Waals surface area contributed by atoms with Gasteiger partial charge in [0.05, 0.1) is 15.6 Å². The van der Waals surface area contributed by atoms with Gasteiger partial charge in [0.1, 0.15) is 11.6 Å². The number of carbonyl (C=O) groups excluding carboxylic acids is 1. The Morgan fingerprint density at radius 1 is 1.13 bits per heavy atom. The molecule has 1 aromatic heterocycles. The third-order valence-electron chi connectivity index (χ3n) is 3.97. The molecule has 0 fully saturated rings. The fourth-order valence-electron chi connectivity index (χ4n) is 2.78. The van der Waals surface area contributed by atoms with E-state index in [9.17, 15) is 26.4 Å². The van der Waals surface area contributed by atoms with Gasteiger partial charge >= 0.3 is 21.5 Å². The molecular weight excluding hydrogens is 468 g/mol. The highest BCUT2D eigenvalue weighted by Gasteiger charge is 2.46. The summed E-state index contributed by atoms with van der Waals surface area (Å²) in [6, 6.07) is 8.99. The minimum absolute atomic E-state index is 0.147. The minimum atomic E-state index is -5.61. The maximum absolute atomic E-state index is 12.7. The highest BCUT2D eigenvalue weighted by molar-refractivity contribution is 7.93. The number of hydrogen-bond donors (Lipinski definition) is 2. The van der Waals surface area contributed by atoms with Crippen molar-refractivity contribution in [3.63, 3.8) is 0 Å². The van der Waals surface area contributed by atoms with Gasteiger partial charge in [0.25, 0.3) is 0 Å². The molecule has 2 aromatic carbocycles. The molecule has 2 N–H and O–H groups in total. The van der Waals surface area contributed by atoms with Crippen molar-refractivity contribution >= 4 is 55.9 Å². The van der Waals surface area contributed by atoms with Gasteiger partial charge in [0.15, 0.2) is 0 Å². The summed E-state index contributed by atoms with van der Waals surface area (Å²) in [7, 11) is -5.61. The molecular formula is C18H13Cl2F3N2O4S. The number of ether oxygens (including phenoxy) is 1. The molecule has 0 bridgehead atoms. The van der Waals surface area contributed by atoms with Crippen LogP contribution in [0, 0.1) is 0 Å². The Hall–Kier alpha value is -2.43. The number of halogens is 5. The molecule has 0 unspecified atom stereocenters. The number of carbonyl (C=O) groups is 1. The summed E-state index contributed by atoms with van der Waals surface area (Å²) in [6.07, 6.45) is 0.245. The fraction of sp³-hybridized carbons (Fsp3) is 0.167. The summed E-state index contributed by atoms with van der Waals surface area (Å²) in [5.41, 5.74) is -3.87. The molecule has 0 spiro atoms. The highest BCUT2D eigenvalue weighted by atomic mass is 35.5. The minimum Gasteiger partial charge on any atom is -0.427 e. The molecule has 3 aromatic rings. The van der Waals surface area contributed by atoms with Crippen molar-refractivity contribution in [3.8, 4) is 5.75 Å². The van der Waals surface area contributed by atoms with Crippen LogP contribution < -0.4 is 9.46 Å². The molecule has 0 atom stereocenters. The molecule has 6 nitrogen and oxygen atoms in total. The van der Waals surface area contributed by atoms with Crippen molar-refractivity contribution < 1.29 is 31.1 Å². The van der Waals surface area contributed by atoms with Crippen LogP contribution in [0.1, 0.15) is 18.1 Å². The number of aromatic amines is 1. The Bertz CT molecular complexity index is 1240. The standard InChI is InChI=1S/C18H13Cl2F3N2O4S/c1-9(26)29-13-6-11(4-10-2-3-14(19)15(20)5-10)17-12(7-13)8-16(24-17)25-30(27,28)18(21,22)23/h2-3,5-8,24-25H,4H2,1H3. The second-order valence-corrected chi connectivity index (χ2v) is 8.79. The summed E-state index contributed by atoms with van der Waals surface area (Å²) < 4.78 is 67.4. The van der Waals surface area contributed by atoms with E-state index < -0.39 is 27.3 Å². The van der Waals surface area contributed by atoms with Gasteiger partial charge in [-0.05, 0) is 47.9 Å². The van der Waals surface area contributed by atoms with Gasteiger partial charge < -0.3 is 9.72 Å². The molecule has 12 heteroatoms. The van der Waals surface area contributed by atoms with Crippen molar-refractivity contribution in [2.75, 3.05) is 4.72 Å². The molecule has 0 amide bonds. The Morgan fingerprint density at radius 2 is 1.83 bits per heavy atom. The van der Waals surface area contributed by atoms with Crippen LogP contribution in [0.2, 0.25) is 10.0 Å². The first kappa shape index (κ1) is 22.3. The maximum Gasteiger partial charge on any atom is 0.516 e. The molecule has 0 radical (unpaired) electrons. The Kier molecular flexibility index (Phi) is 5.94. The average Bonchev–Trinajstić information content (AvgIpc) is 2.98. The molecule has 0 aliphatic carbocycles. The first-order chi connectivity index (χ1) is 13.9. The van der Waals surface area contributed by atoms with E-state index in [4.69, 9.17) is 27.9 Å². The predicted molar refractivity (Wildman–Crippen MR) is 107 cm³/mol. The summed E-state index contributed by atoms with van der Waals surface area (Å²) in [6.45, 7) is 1.20. The molecule has 3 rings (SSSR count). The quantitative estimate of drug-likeness (QED) is 0.385. The van der Waals surface area contributed by atoms with Gasteiger partial charge in [-0.15, -0.1) is 0 Å². The Morgan fingerprint density at radius 3 is 2.43 bits per heavy atom. The van der Waals surface area contributed by atoms with E-state index in [0.717, 1.165) is 5.56 Å². The van der Waals surface area contributed by atoms with Crippen LogP contribution in [0.15, 0.2) is 36.4 Å². The summed E-state index contributed by atoms with van der Waals surface area (Å²) in [5, 5.41) is 0.998. The molecule has 0 aliphatic heterocycles. The van der Waals surface area contributed by atoms with Gasteiger partial charge in [-0.3, -0.25) is 9.52 Å². The van der Waals surface area contributed by atoms with E-state index in [0.29, 0.717) is 26.5 Å². The lowest BCUT2D eigenvalue weighted by Crippen LogP contribution is -2.30. The first-order valence-corrected chi connectivity index (χ1v) is 10.5. The monoisotopic (exact) mass is 480 g/mol. The fourth-order valence-corrected chi connectivity index (χ4v) is 3.62. The number of nitrogens with one attached hydrogen (secondary N) is 2. The van der Waals surface area contributed by atoms with Gasteiger partial charge in [0, 0.05) is 12.3 Å². The zero-order valence-electron chi connectivity index (χ0n) is 15.1. The number of esters is 1. The lowest BCUT2D eigenvalue weighted by molar-refractivity contribution is -0.131. The molecule has 160 valence electrons.